The largest absolute Gasteiger partial charge is 0.381 e. The number of piperazine rings is 1. The fraction of sp³-hybridized carbons (Fsp3) is 0.500. The minimum absolute atomic E-state index is 0.768. The van der Waals surface area contributed by atoms with Gasteiger partial charge in [0.1, 0.15) is 11.6 Å². The first-order chi connectivity index (χ1) is 12.2. The summed E-state index contributed by atoms with van der Waals surface area (Å²) in [5, 5.41) is 0. The lowest BCUT2D eigenvalue weighted by atomic mass is 10.1. The third kappa shape index (κ3) is 3.47. The number of aryl methyl sites for hydroxylation is 2. The number of rotatable bonds is 2. The highest BCUT2D eigenvalue weighted by molar-refractivity contribution is 5.54. The van der Waals surface area contributed by atoms with E-state index in [2.05, 4.69) is 46.0 Å². The molecule has 2 aliphatic heterocycles. The summed E-state index contributed by atoms with van der Waals surface area (Å²) >= 11 is 0. The van der Waals surface area contributed by atoms with E-state index >= 15 is 0 Å². The summed E-state index contributed by atoms with van der Waals surface area (Å²) in [5.74, 6) is 2.01. The van der Waals surface area contributed by atoms with E-state index in [1.165, 1.54) is 22.5 Å². The highest BCUT2D eigenvalue weighted by Crippen LogP contribution is 2.26. The molecule has 5 heteroatoms. The minimum Gasteiger partial charge on any atom is -0.381 e. The smallest absolute Gasteiger partial charge is 0.135 e. The zero-order chi connectivity index (χ0) is 17.2. The van der Waals surface area contributed by atoms with Gasteiger partial charge in [-0.1, -0.05) is 12.1 Å². The van der Waals surface area contributed by atoms with Crippen LogP contribution < -0.4 is 9.80 Å². The van der Waals surface area contributed by atoms with Crippen LogP contribution in [-0.2, 0) is 17.6 Å². The number of nitrogens with zero attached hydrogens (tertiary/aromatic N) is 4. The van der Waals surface area contributed by atoms with Crippen molar-refractivity contribution in [2.24, 2.45) is 0 Å². The molecule has 3 heterocycles. The van der Waals surface area contributed by atoms with Crippen LogP contribution in [0.4, 0.5) is 11.5 Å². The van der Waals surface area contributed by atoms with Gasteiger partial charge in [-0.2, -0.15) is 0 Å². The number of anilines is 2. The van der Waals surface area contributed by atoms with Crippen molar-refractivity contribution in [3.05, 3.63) is 46.9 Å². The molecule has 132 valence electrons. The molecule has 0 amide bonds. The van der Waals surface area contributed by atoms with Crippen LogP contribution in [0.15, 0.2) is 24.3 Å². The van der Waals surface area contributed by atoms with Gasteiger partial charge in [0.05, 0.1) is 18.9 Å². The van der Waals surface area contributed by atoms with Crippen LogP contribution in [0.1, 0.15) is 22.6 Å². The quantitative estimate of drug-likeness (QED) is 0.842. The van der Waals surface area contributed by atoms with E-state index < -0.39 is 0 Å². The Bertz CT molecular complexity index is 753. The van der Waals surface area contributed by atoms with Crippen molar-refractivity contribution < 1.29 is 4.74 Å². The van der Waals surface area contributed by atoms with E-state index in [1.54, 1.807) is 0 Å². The van der Waals surface area contributed by atoms with Crippen LogP contribution in [0.25, 0.3) is 0 Å². The average molecular weight is 338 g/mol. The van der Waals surface area contributed by atoms with Gasteiger partial charge in [0.25, 0.3) is 0 Å². The summed E-state index contributed by atoms with van der Waals surface area (Å²) in [6.07, 6.45) is 1.82. The molecule has 4 rings (SSSR count). The highest BCUT2D eigenvalue weighted by atomic mass is 16.5. The summed E-state index contributed by atoms with van der Waals surface area (Å²) in [6.45, 7) is 9.74. The Kier molecular flexibility index (Phi) is 4.57. The molecule has 0 atom stereocenters. The Balaban J connectivity index is 1.54. The second-order valence-corrected chi connectivity index (χ2v) is 6.95. The van der Waals surface area contributed by atoms with Gasteiger partial charge >= 0.3 is 0 Å². The third-order valence-corrected chi connectivity index (χ3v) is 5.11. The number of aromatic nitrogens is 2. The zero-order valence-electron chi connectivity index (χ0n) is 15.2. The molecular weight excluding hydrogens is 312 g/mol. The molecule has 0 radical (unpaired) electrons. The van der Waals surface area contributed by atoms with Gasteiger partial charge in [0.15, 0.2) is 0 Å². The molecule has 25 heavy (non-hydrogen) atoms. The van der Waals surface area contributed by atoms with Crippen molar-refractivity contribution >= 4 is 11.5 Å². The normalized spacial score (nSPS) is 18.0. The SMILES string of the molecule is Cc1cccc(N2CCN(c3nc(C)nc4c3CCOCC4)CC2)c1. The topological polar surface area (TPSA) is 41.5 Å². The molecule has 0 spiro atoms. The van der Waals surface area contributed by atoms with E-state index in [1.807, 2.05) is 6.92 Å². The van der Waals surface area contributed by atoms with Crippen LogP contribution in [0.2, 0.25) is 0 Å². The average Bonchev–Trinajstić information content (AvgIpc) is 2.86. The Labute approximate surface area is 149 Å². The lowest BCUT2D eigenvalue weighted by Crippen LogP contribution is -2.47. The van der Waals surface area contributed by atoms with Gasteiger partial charge in [0.2, 0.25) is 0 Å². The van der Waals surface area contributed by atoms with Crippen LogP contribution >= 0.6 is 0 Å². The van der Waals surface area contributed by atoms with Crippen molar-refractivity contribution in [2.75, 3.05) is 49.2 Å². The summed E-state index contributed by atoms with van der Waals surface area (Å²) in [4.78, 5) is 14.4. The van der Waals surface area contributed by atoms with Gasteiger partial charge in [-0.15, -0.1) is 0 Å². The second-order valence-electron chi connectivity index (χ2n) is 6.95. The molecule has 1 aromatic carbocycles. The van der Waals surface area contributed by atoms with Gasteiger partial charge in [-0.05, 0) is 31.5 Å². The van der Waals surface area contributed by atoms with E-state index in [0.717, 1.165) is 63.9 Å². The molecule has 1 aromatic heterocycles. The number of hydrogen-bond acceptors (Lipinski definition) is 5. The number of fused-ring (bicyclic) bond motifs is 1. The first kappa shape index (κ1) is 16.3. The van der Waals surface area contributed by atoms with Crippen LogP contribution in [0, 0.1) is 13.8 Å². The predicted molar refractivity (Wildman–Crippen MR) is 101 cm³/mol. The van der Waals surface area contributed by atoms with Crippen molar-refractivity contribution in [1.29, 1.82) is 0 Å². The Hall–Kier alpha value is -2.14. The van der Waals surface area contributed by atoms with Crippen molar-refractivity contribution in [2.45, 2.75) is 26.7 Å². The molecule has 0 bridgehead atoms. The van der Waals surface area contributed by atoms with Gasteiger partial charge in [0, 0.05) is 50.3 Å². The van der Waals surface area contributed by atoms with Crippen molar-refractivity contribution in [3.8, 4) is 0 Å². The van der Waals surface area contributed by atoms with Crippen molar-refractivity contribution in [1.82, 2.24) is 9.97 Å². The molecule has 2 aliphatic rings. The van der Waals surface area contributed by atoms with Gasteiger partial charge < -0.3 is 14.5 Å². The number of ether oxygens (including phenoxy) is 1. The Morgan fingerprint density at radius 2 is 1.68 bits per heavy atom. The molecule has 0 aliphatic carbocycles. The van der Waals surface area contributed by atoms with E-state index in [-0.39, 0.29) is 0 Å². The molecule has 2 aromatic rings. The lowest BCUT2D eigenvalue weighted by molar-refractivity contribution is 0.146. The fourth-order valence-corrected chi connectivity index (χ4v) is 3.81. The van der Waals surface area contributed by atoms with Crippen LogP contribution in [0.3, 0.4) is 0 Å². The maximum Gasteiger partial charge on any atom is 0.135 e. The molecule has 0 saturated carbocycles. The zero-order valence-corrected chi connectivity index (χ0v) is 15.2. The summed E-state index contributed by atoms with van der Waals surface area (Å²) in [6, 6.07) is 8.78. The summed E-state index contributed by atoms with van der Waals surface area (Å²) in [5.41, 5.74) is 5.12. The van der Waals surface area contributed by atoms with E-state index in [9.17, 15) is 0 Å². The van der Waals surface area contributed by atoms with Gasteiger partial charge in [-0.25, -0.2) is 9.97 Å². The van der Waals surface area contributed by atoms with Crippen LogP contribution in [0.5, 0.6) is 0 Å². The van der Waals surface area contributed by atoms with E-state index in [0.29, 0.717) is 0 Å². The third-order valence-electron chi connectivity index (χ3n) is 5.11. The predicted octanol–water partition coefficient (Wildman–Crippen LogP) is 2.54. The van der Waals surface area contributed by atoms with Gasteiger partial charge in [-0.3, -0.25) is 0 Å². The molecular formula is C20H26N4O. The molecule has 0 unspecified atom stereocenters. The second kappa shape index (κ2) is 7.00. The van der Waals surface area contributed by atoms with Crippen LogP contribution in [-0.4, -0.2) is 49.4 Å². The standard InChI is InChI=1S/C20H26N4O/c1-15-4-3-5-17(14-15)23-8-10-24(11-9-23)20-18-6-12-25-13-7-19(18)21-16(2)22-20/h3-5,14H,6-13H2,1-2H3. The maximum atomic E-state index is 5.65. The maximum absolute atomic E-state index is 5.65. The molecule has 0 N–H and O–H groups in total. The summed E-state index contributed by atoms with van der Waals surface area (Å²) in [7, 11) is 0. The molecule has 1 fully saturated rings. The monoisotopic (exact) mass is 338 g/mol. The first-order valence-corrected chi connectivity index (χ1v) is 9.21. The highest BCUT2D eigenvalue weighted by Gasteiger charge is 2.24. The Morgan fingerprint density at radius 1 is 0.920 bits per heavy atom. The Morgan fingerprint density at radius 3 is 2.48 bits per heavy atom. The summed E-state index contributed by atoms with van der Waals surface area (Å²) < 4.78 is 5.65. The van der Waals surface area contributed by atoms with E-state index in [4.69, 9.17) is 9.72 Å². The lowest BCUT2D eigenvalue weighted by Gasteiger charge is -2.37. The number of benzene rings is 1. The minimum atomic E-state index is 0.768. The molecule has 1 saturated heterocycles. The number of hydrogen-bond donors (Lipinski definition) is 0. The fourth-order valence-electron chi connectivity index (χ4n) is 3.81. The van der Waals surface area contributed by atoms with Crippen molar-refractivity contribution in [3.63, 3.8) is 0 Å². The molecule has 5 nitrogen and oxygen atoms in total. The first-order valence-electron chi connectivity index (χ1n) is 9.21.